The van der Waals surface area contributed by atoms with Crippen molar-refractivity contribution >= 4 is 28.2 Å². The van der Waals surface area contributed by atoms with Crippen LogP contribution in [0.4, 0.5) is 18.2 Å². The largest absolute Gasteiger partial charge is 0.405 e. The monoisotopic (exact) mass is 322 g/mol. The average Bonchev–Trinajstić information content (AvgIpc) is 2.65. The van der Waals surface area contributed by atoms with Gasteiger partial charge in [-0.25, -0.2) is 0 Å². The summed E-state index contributed by atoms with van der Waals surface area (Å²) < 4.78 is 36.2. The lowest BCUT2D eigenvalue weighted by atomic mass is 9.96. The van der Waals surface area contributed by atoms with Crippen LogP contribution in [0.1, 0.15) is 36.0 Å². The molecule has 0 fully saturated rings. The van der Waals surface area contributed by atoms with Crippen LogP contribution in [0, 0.1) is 12.3 Å². The first-order valence-corrected chi connectivity index (χ1v) is 6.98. The number of carbonyl (C=O) groups is 2. The lowest BCUT2D eigenvalue weighted by Crippen LogP contribution is -2.33. The number of amides is 2. The molecule has 0 atom stereocenters. The third kappa shape index (κ3) is 5.37. The number of hydrogen-bond acceptors (Lipinski definition) is 3. The minimum absolute atomic E-state index is 0.156. The van der Waals surface area contributed by atoms with Gasteiger partial charge < -0.3 is 10.6 Å². The van der Waals surface area contributed by atoms with Gasteiger partial charge in [0.1, 0.15) is 6.54 Å². The normalized spacial score (nSPS) is 12.1. The predicted molar refractivity (Wildman–Crippen MR) is 75.5 cm³/mol. The molecule has 21 heavy (non-hydrogen) atoms. The molecule has 0 bridgehead atoms. The van der Waals surface area contributed by atoms with Crippen molar-refractivity contribution in [3.8, 4) is 0 Å². The van der Waals surface area contributed by atoms with Crippen molar-refractivity contribution in [2.45, 2.75) is 33.9 Å². The highest BCUT2D eigenvalue weighted by Crippen LogP contribution is 2.28. The summed E-state index contributed by atoms with van der Waals surface area (Å²) >= 11 is 0.951. The van der Waals surface area contributed by atoms with E-state index >= 15 is 0 Å². The summed E-state index contributed by atoms with van der Waals surface area (Å²) in [5, 5.41) is 4.89. The molecule has 2 amide bonds. The molecule has 0 saturated heterocycles. The van der Waals surface area contributed by atoms with Gasteiger partial charge in [-0.1, -0.05) is 20.8 Å². The first kappa shape index (κ1) is 17.5. The van der Waals surface area contributed by atoms with Crippen LogP contribution in [-0.2, 0) is 4.79 Å². The smallest absolute Gasteiger partial charge is 0.342 e. The fraction of sp³-hybridized carbons (Fsp3) is 0.538. The molecule has 0 aliphatic heterocycles. The second kappa shape index (κ2) is 6.05. The zero-order valence-electron chi connectivity index (χ0n) is 12.1. The van der Waals surface area contributed by atoms with E-state index in [1.165, 1.54) is 0 Å². The quantitative estimate of drug-likeness (QED) is 0.897. The summed E-state index contributed by atoms with van der Waals surface area (Å²) in [5.74, 6) is -1.03. The van der Waals surface area contributed by atoms with E-state index in [-0.39, 0.29) is 10.8 Å². The SMILES string of the molecule is Cc1cc(NC(=O)C(C)(C)C)sc1C(=O)NCC(F)(F)F. The number of alkyl halides is 3. The van der Waals surface area contributed by atoms with Gasteiger partial charge in [0.05, 0.1) is 9.88 Å². The lowest BCUT2D eigenvalue weighted by molar-refractivity contribution is -0.123. The number of hydrogen-bond donors (Lipinski definition) is 2. The summed E-state index contributed by atoms with van der Waals surface area (Å²) in [7, 11) is 0. The summed E-state index contributed by atoms with van der Waals surface area (Å²) in [6.07, 6.45) is -4.45. The molecule has 1 rings (SSSR count). The Morgan fingerprint density at radius 1 is 1.24 bits per heavy atom. The van der Waals surface area contributed by atoms with E-state index in [4.69, 9.17) is 0 Å². The van der Waals surface area contributed by atoms with Crippen molar-refractivity contribution in [3.05, 3.63) is 16.5 Å². The number of halogens is 3. The van der Waals surface area contributed by atoms with Gasteiger partial charge in [0.15, 0.2) is 0 Å². The van der Waals surface area contributed by atoms with Gasteiger partial charge in [-0.15, -0.1) is 11.3 Å². The Kier molecular flexibility index (Phi) is 5.03. The van der Waals surface area contributed by atoms with Crippen molar-refractivity contribution in [1.82, 2.24) is 5.32 Å². The van der Waals surface area contributed by atoms with E-state index in [2.05, 4.69) is 5.32 Å². The Bertz CT molecular complexity index is 545. The molecule has 0 unspecified atom stereocenters. The maximum Gasteiger partial charge on any atom is 0.405 e. The van der Waals surface area contributed by atoms with Crippen LogP contribution >= 0.6 is 11.3 Å². The molecule has 4 nitrogen and oxygen atoms in total. The number of nitrogens with one attached hydrogen (secondary N) is 2. The molecule has 0 aliphatic rings. The number of rotatable bonds is 3. The van der Waals surface area contributed by atoms with Crippen molar-refractivity contribution in [2.75, 3.05) is 11.9 Å². The second-order valence-electron chi connectivity index (χ2n) is 5.62. The molecule has 1 aromatic rings. The average molecular weight is 322 g/mol. The fourth-order valence-corrected chi connectivity index (χ4v) is 2.31. The summed E-state index contributed by atoms with van der Waals surface area (Å²) in [5.41, 5.74) is -0.0831. The minimum atomic E-state index is -4.45. The van der Waals surface area contributed by atoms with Crippen LogP contribution in [0.5, 0.6) is 0 Å². The molecule has 2 N–H and O–H groups in total. The number of anilines is 1. The van der Waals surface area contributed by atoms with Gasteiger partial charge in [0.25, 0.3) is 5.91 Å². The topological polar surface area (TPSA) is 58.2 Å². The maximum atomic E-state index is 12.1. The van der Waals surface area contributed by atoms with E-state index in [1.54, 1.807) is 33.8 Å². The third-order valence-electron chi connectivity index (χ3n) is 2.49. The van der Waals surface area contributed by atoms with Gasteiger partial charge in [-0.3, -0.25) is 9.59 Å². The molecule has 0 spiro atoms. The highest BCUT2D eigenvalue weighted by Gasteiger charge is 2.29. The van der Waals surface area contributed by atoms with Crippen molar-refractivity contribution in [3.63, 3.8) is 0 Å². The number of aryl methyl sites for hydroxylation is 1. The lowest BCUT2D eigenvalue weighted by Gasteiger charge is -2.16. The standard InChI is InChI=1S/C13H17F3N2O2S/c1-7-5-8(18-11(20)12(2,3)4)21-9(7)10(19)17-6-13(14,15)16/h5H,6H2,1-4H3,(H,17,19)(H,18,20). The van der Waals surface area contributed by atoms with Crippen LogP contribution in [0.3, 0.4) is 0 Å². The highest BCUT2D eigenvalue weighted by molar-refractivity contribution is 7.18. The number of carbonyl (C=O) groups excluding carboxylic acids is 2. The molecule has 0 radical (unpaired) electrons. The number of thiophene rings is 1. The maximum absolute atomic E-state index is 12.1. The van der Waals surface area contributed by atoms with E-state index in [0.29, 0.717) is 10.6 Å². The van der Waals surface area contributed by atoms with Gasteiger partial charge >= 0.3 is 6.18 Å². The summed E-state index contributed by atoms with van der Waals surface area (Å²) in [4.78, 5) is 23.7. The fourth-order valence-electron chi connectivity index (χ4n) is 1.33. The molecule has 0 aromatic carbocycles. The Hall–Kier alpha value is -1.57. The molecule has 118 valence electrons. The summed E-state index contributed by atoms with van der Waals surface area (Å²) in [6, 6.07) is 1.57. The molecule has 8 heteroatoms. The highest BCUT2D eigenvalue weighted by atomic mass is 32.1. The minimum Gasteiger partial charge on any atom is -0.342 e. The van der Waals surface area contributed by atoms with E-state index in [9.17, 15) is 22.8 Å². The van der Waals surface area contributed by atoms with Crippen LogP contribution < -0.4 is 10.6 Å². The Balaban J connectivity index is 2.79. The molecular weight excluding hydrogens is 305 g/mol. The Morgan fingerprint density at radius 2 is 1.81 bits per heavy atom. The van der Waals surface area contributed by atoms with Crippen LogP contribution in [0.15, 0.2) is 6.07 Å². The van der Waals surface area contributed by atoms with Crippen LogP contribution in [-0.4, -0.2) is 24.5 Å². The van der Waals surface area contributed by atoms with E-state index in [1.807, 2.05) is 5.32 Å². The zero-order chi connectivity index (χ0) is 16.4. The molecule has 1 aromatic heterocycles. The van der Waals surface area contributed by atoms with Gasteiger partial charge in [0, 0.05) is 5.41 Å². The second-order valence-corrected chi connectivity index (χ2v) is 6.68. The van der Waals surface area contributed by atoms with Crippen LogP contribution in [0.25, 0.3) is 0 Å². The van der Waals surface area contributed by atoms with Gasteiger partial charge in [-0.05, 0) is 18.6 Å². The first-order valence-electron chi connectivity index (χ1n) is 6.17. The van der Waals surface area contributed by atoms with Crippen molar-refractivity contribution in [1.29, 1.82) is 0 Å². The molecule has 0 aliphatic carbocycles. The third-order valence-corrected chi connectivity index (χ3v) is 3.64. The van der Waals surface area contributed by atoms with Gasteiger partial charge in [0.2, 0.25) is 5.91 Å². The first-order chi connectivity index (χ1) is 9.40. The van der Waals surface area contributed by atoms with Crippen LogP contribution in [0.2, 0.25) is 0 Å². The van der Waals surface area contributed by atoms with Crippen molar-refractivity contribution < 1.29 is 22.8 Å². The van der Waals surface area contributed by atoms with Gasteiger partial charge in [-0.2, -0.15) is 13.2 Å². The van der Waals surface area contributed by atoms with E-state index in [0.717, 1.165) is 11.3 Å². The zero-order valence-corrected chi connectivity index (χ0v) is 13.0. The van der Waals surface area contributed by atoms with E-state index < -0.39 is 24.0 Å². The summed E-state index contributed by atoms with van der Waals surface area (Å²) in [6.45, 7) is 5.43. The molecule has 0 saturated carbocycles. The van der Waals surface area contributed by atoms with Crippen molar-refractivity contribution in [2.24, 2.45) is 5.41 Å². The molecule has 1 heterocycles. The Morgan fingerprint density at radius 3 is 2.29 bits per heavy atom. The Labute approximate surface area is 124 Å². The molecular formula is C13H17F3N2O2S. The predicted octanol–water partition coefficient (Wildman–Crippen LogP) is 3.33.